The van der Waals surface area contributed by atoms with E-state index in [-0.39, 0.29) is 5.28 Å². The van der Waals surface area contributed by atoms with Crippen LogP contribution in [0.25, 0.3) is 22.2 Å². The number of halogens is 1. The molecule has 0 amide bonds. The summed E-state index contributed by atoms with van der Waals surface area (Å²) in [5.41, 5.74) is 5.60. The minimum atomic E-state index is 0.268. The number of aromatic nitrogens is 3. The first-order chi connectivity index (χ1) is 10.2. The summed E-state index contributed by atoms with van der Waals surface area (Å²) in [5, 5.41) is 1.46. The molecule has 5 heteroatoms. The van der Waals surface area contributed by atoms with Crippen LogP contribution in [0.1, 0.15) is 11.3 Å². The molecule has 4 rings (SSSR count). The summed E-state index contributed by atoms with van der Waals surface area (Å²) in [6, 6.07) is 8.40. The molecule has 1 aromatic carbocycles. The van der Waals surface area contributed by atoms with Gasteiger partial charge in [0.25, 0.3) is 0 Å². The van der Waals surface area contributed by atoms with Crippen molar-refractivity contribution in [1.82, 2.24) is 14.5 Å². The summed E-state index contributed by atoms with van der Waals surface area (Å²) in [6.45, 7) is 4.33. The number of rotatable bonds is 1. The maximum atomic E-state index is 5.96. The minimum Gasteiger partial charge on any atom is -0.373 e. The van der Waals surface area contributed by atoms with E-state index in [2.05, 4.69) is 39.7 Å². The molecule has 0 fully saturated rings. The van der Waals surface area contributed by atoms with E-state index < -0.39 is 0 Å². The van der Waals surface area contributed by atoms with E-state index in [4.69, 9.17) is 16.3 Å². The maximum Gasteiger partial charge on any atom is 0.222 e. The molecule has 1 aliphatic heterocycles. The van der Waals surface area contributed by atoms with Gasteiger partial charge in [-0.05, 0) is 36.2 Å². The molecule has 0 saturated carbocycles. The fourth-order valence-electron chi connectivity index (χ4n) is 3.00. The van der Waals surface area contributed by atoms with Crippen molar-refractivity contribution < 1.29 is 4.74 Å². The van der Waals surface area contributed by atoms with Gasteiger partial charge in [-0.3, -0.25) is 0 Å². The highest BCUT2D eigenvalue weighted by atomic mass is 35.5. The van der Waals surface area contributed by atoms with Crippen LogP contribution in [0.3, 0.4) is 0 Å². The van der Waals surface area contributed by atoms with Gasteiger partial charge < -0.3 is 9.30 Å². The molecule has 0 aliphatic carbocycles. The molecular weight excluding hydrogens is 286 g/mol. The smallest absolute Gasteiger partial charge is 0.222 e. The van der Waals surface area contributed by atoms with E-state index in [0.29, 0.717) is 6.61 Å². The third-order valence-electron chi connectivity index (χ3n) is 3.91. The largest absolute Gasteiger partial charge is 0.373 e. The van der Waals surface area contributed by atoms with Gasteiger partial charge in [0.2, 0.25) is 5.28 Å². The molecule has 21 heavy (non-hydrogen) atoms. The Kier molecular flexibility index (Phi) is 2.94. The molecule has 0 N–H and O–H groups in total. The van der Waals surface area contributed by atoms with Gasteiger partial charge in [0.15, 0.2) is 0 Å². The van der Waals surface area contributed by atoms with Crippen LogP contribution in [0.15, 0.2) is 30.5 Å². The Morgan fingerprint density at radius 2 is 2.19 bits per heavy atom. The fraction of sp³-hybridized carbons (Fsp3) is 0.250. The lowest BCUT2D eigenvalue weighted by Crippen LogP contribution is -2.16. The number of benzene rings is 1. The van der Waals surface area contributed by atoms with E-state index in [1.165, 1.54) is 16.5 Å². The molecule has 106 valence electrons. The predicted molar refractivity (Wildman–Crippen MR) is 82.4 cm³/mol. The molecule has 0 unspecified atom stereocenters. The van der Waals surface area contributed by atoms with E-state index in [9.17, 15) is 0 Å². The van der Waals surface area contributed by atoms with Crippen molar-refractivity contribution in [2.45, 2.75) is 20.1 Å². The first-order valence-corrected chi connectivity index (χ1v) is 7.30. The maximum absolute atomic E-state index is 5.96. The zero-order valence-electron chi connectivity index (χ0n) is 11.6. The SMILES string of the molecule is Cc1ccc2c(-c3ccnc(Cl)n3)c3n(c2c1)CCOC3. The van der Waals surface area contributed by atoms with Crippen LogP contribution in [0, 0.1) is 6.92 Å². The molecule has 0 spiro atoms. The minimum absolute atomic E-state index is 0.268. The van der Waals surface area contributed by atoms with Crippen molar-refractivity contribution in [2.75, 3.05) is 6.61 Å². The monoisotopic (exact) mass is 299 g/mol. The molecule has 3 heterocycles. The van der Waals surface area contributed by atoms with Crippen LogP contribution in [-0.4, -0.2) is 21.1 Å². The van der Waals surface area contributed by atoms with Crippen molar-refractivity contribution in [3.63, 3.8) is 0 Å². The standard InChI is InChI=1S/C16H14ClN3O/c1-10-2-3-11-13(8-10)20-6-7-21-9-14(20)15(11)12-4-5-18-16(17)19-12/h2-5,8H,6-7,9H2,1H3. The number of aryl methyl sites for hydroxylation is 1. The van der Waals surface area contributed by atoms with Gasteiger partial charge in [0.05, 0.1) is 24.6 Å². The fourth-order valence-corrected chi connectivity index (χ4v) is 3.15. The lowest BCUT2D eigenvalue weighted by Gasteiger charge is -2.18. The van der Waals surface area contributed by atoms with Crippen LogP contribution < -0.4 is 0 Å². The summed E-state index contributed by atoms with van der Waals surface area (Å²) < 4.78 is 7.98. The van der Waals surface area contributed by atoms with E-state index in [0.717, 1.165) is 30.1 Å². The molecule has 0 atom stereocenters. The average molecular weight is 300 g/mol. The zero-order chi connectivity index (χ0) is 14.4. The lowest BCUT2D eigenvalue weighted by molar-refractivity contribution is 0.0869. The van der Waals surface area contributed by atoms with E-state index in [1.54, 1.807) is 6.20 Å². The normalized spacial score (nSPS) is 14.4. The molecule has 0 bridgehead atoms. The highest BCUT2D eigenvalue weighted by molar-refractivity contribution is 6.28. The molecule has 0 saturated heterocycles. The summed E-state index contributed by atoms with van der Waals surface area (Å²) in [6.07, 6.45) is 1.69. The summed E-state index contributed by atoms with van der Waals surface area (Å²) in [7, 11) is 0. The van der Waals surface area contributed by atoms with Gasteiger partial charge in [-0.15, -0.1) is 0 Å². The molecule has 1 aliphatic rings. The first-order valence-electron chi connectivity index (χ1n) is 6.92. The highest BCUT2D eigenvalue weighted by Crippen LogP contribution is 2.36. The van der Waals surface area contributed by atoms with Crippen molar-refractivity contribution >= 4 is 22.5 Å². The van der Waals surface area contributed by atoms with Gasteiger partial charge in [0, 0.05) is 29.2 Å². The second kappa shape index (κ2) is 4.83. The van der Waals surface area contributed by atoms with Gasteiger partial charge in [-0.25, -0.2) is 9.97 Å². The third kappa shape index (κ3) is 2.03. The lowest BCUT2D eigenvalue weighted by atomic mass is 10.1. The van der Waals surface area contributed by atoms with Crippen LogP contribution in [0.2, 0.25) is 5.28 Å². The molecule has 0 radical (unpaired) electrons. The van der Waals surface area contributed by atoms with Gasteiger partial charge in [0.1, 0.15) is 0 Å². The topological polar surface area (TPSA) is 39.9 Å². The number of fused-ring (bicyclic) bond motifs is 3. The summed E-state index contributed by atoms with van der Waals surface area (Å²) >= 11 is 5.96. The van der Waals surface area contributed by atoms with Crippen LogP contribution >= 0.6 is 11.6 Å². The van der Waals surface area contributed by atoms with Crippen molar-refractivity contribution in [1.29, 1.82) is 0 Å². The van der Waals surface area contributed by atoms with Crippen LogP contribution in [0.4, 0.5) is 0 Å². The second-order valence-electron chi connectivity index (χ2n) is 5.26. The molecule has 2 aromatic heterocycles. The Morgan fingerprint density at radius 1 is 1.29 bits per heavy atom. The Balaban J connectivity index is 2.08. The Hall–Kier alpha value is -1.91. The molecular formula is C16H14ClN3O. The van der Waals surface area contributed by atoms with Crippen LogP contribution in [-0.2, 0) is 17.9 Å². The summed E-state index contributed by atoms with van der Waals surface area (Å²) in [4.78, 5) is 8.35. The Labute approximate surface area is 127 Å². The van der Waals surface area contributed by atoms with E-state index >= 15 is 0 Å². The Bertz CT molecular complexity index is 841. The van der Waals surface area contributed by atoms with Gasteiger partial charge >= 0.3 is 0 Å². The molecule has 3 aromatic rings. The zero-order valence-corrected chi connectivity index (χ0v) is 12.4. The second-order valence-corrected chi connectivity index (χ2v) is 5.60. The van der Waals surface area contributed by atoms with Crippen LogP contribution in [0.5, 0.6) is 0 Å². The number of hydrogen-bond donors (Lipinski definition) is 0. The van der Waals surface area contributed by atoms with Crippen molar-refractivity contribution in [2.24, 2.45) is 0 Å². The number of hydrogen-bond acceptors (Lipinski definition) is 3. The third-order valence-corrected chi connectivity index (χ3v) is 4.09. The quantitative estimate of drug-likeness (QED) is 0.645. The van der Waals surface area contributed by atoms with E-state index in [1.807, 2.05) is 6.07 Å². The van der Waals surface area contributed by atoms with Crippen molar-refractivity contribution in [3.8, 4) is 11.3 Å². The average Bonchev–Trinajstić information content (AvgIpc) is 2.81. The molecule has 4 nitrogen and oxygen atoms in total. The van der Waals surface area contributed by atoms with Crippen molar-refractivity contribution in [3.05, 3.63) is 47.0 Å². The Morgan fingerprint density at radius 3 is 3.05 bits per heavy atom. The number of nitrogens with zero attached hydrogens (tertiary/aromatic N) is 3. The highest BCUT2D eigenvalue weighted by Gasteiger charge is 2.22. The predicted octanol–water partition coefficient (Wildman–Crippen LogP) is 3.59. The van der Waals surface area contributed by atoms with Gasteiger partial charge in [-0.2, -0.15) is 0 Å². The van der Waals surface area contributed by atoms with Gasteiger partial charge in [-0.1, -0.05) is 12.1 Å². The summed E-state index contributed by atoms with van der Waals surface area (Å²) in [5.74, 6) is 0. The number of ether oxygens (including phenoxy) is 1. The first kappa shape index (κ1) is 12.8.